The second kappa shape index (κ2) is 7.92. The standard InChI is InChI=1S/3C6H5.C4H9.Hg/c3*1-2-4-6-5-3-1;1-3-4-2;/h3*1-5H;1,3-4H2,2H3;. The first-order valence-electron chi connectivity index (χ1n) is 9.00. The predicted octanol–water partition coefficient (Wildman–Crippen LogP) is 4.34. The van der Waals surface area contributed by atoms with Crippen molar-refractivity contribution in [2.75, 3.05) is 0 Å². The van der Waals surface area contributed by atoms with Crippen LogP contribution in [0.2, 0.25) is 3.93 Å². The summed E-state index contributed by atoms with van der Waals surface area (Å²) in [6.07, 6.45) is 2.57. The van der Waals surface area contributed by atoms with Crippen molar-refractivity contribution in [3.63, 3.8) is 0 Å². The van der Waals surface area contributed by atoms with Crippen molar-refractivity contribution in [1.29, 1.82) is 0 Å². The topological polar surface area (TPSA) is 0 Å². The summed E-state index contributed by atoms with van der Waals surface area (Å²) in [6, 6.07) is 34.0. The van der Waals surface area contributed by atoms with Crippen molar-refractivity contribution in [1.82, 2.24) is 0 Å². The second-order valence-electron chi connectivity index (χ2n) is 6.94. The molecule has 0 aliphatic carbocycles. The fourth-order valence-corrected chi connectivity index (χ4v) is 32.3. The third kappa shape index (κ3) is 3.43. The van der Waals surface area contributed by atoms with Crippen molar-refractivity contribution >= 4 is 9.22 Å². The quantitative estimate of drug-likeness (QED) is 0.453. The molecule has 0 atom stereocenters. The molecule has 0 fully saturated rings. The SMILES string of the molecule is CCC[CH2][Hg]([c]1ccccc1)([c]1ccccc1)[c]1ccccc1. The van der Waals surface area contributed by atoms with Gasteiger partial charge < -0.3 is 0 Å². The second-order valence-corrected chi connectivity index (χ2v) is 29.2. The molecule has 1 heteroatoms. The molecule has 0 aliphatic heterocycles. The van der Waals surface area contributed by atoms with Crippen molar-refractivity contribution < 1.29 is 21.5 Å². The normalized spacial score (nSPS) is 10.7. The van der Waals surface area contributed by atoms with Gasteiger partial charge in [0.25, 0.3) is 0 Å². The molecule has 0 radical (unpaired) electrons. The minimum atomic E-state index is -3.26. The molecule has 0 bridgehead atoms. The molecule has 3 rings (SSSR count). The Morgan fingerprint density at radius 3 is 1.22 bits per heavy atom. The fraction of sp³-hybridized carbons (Fsp3) is 0.182. The van der Waals surface area contributed by atoms with Crippen LogP contribution in [0, 0.1) is 0 Å². The zero-order valence-electron chi connectivity index (χ0n) is 14.0. The third-order valence-corrected chi connectivity index (χ3v) is 33.6. The van der Waals surface area contributed by atoms with E-state index in [1.54, 1.807) is 9.22 Å². The average Bonchev–Trinajstić information content (AvgIpc) is 2.65. The van der Waals surface area contributed by atoms with Crippen LogP contribution in [0.3, 0.4) is 0 Å². The Morgan fingerprint density at radius 1 is 0.565 bits per heavy atom. The van der Waals surface area contributed by atoms with Crippen LogP contribution in [-0.4, -0.2) is 0 Å². The van der Waals surface area contributed by atoms with Gasteiger partial charge in [-0.3, -0.25) is 0 Å². The number of benzene rings is 3. The molecule has 0 aromatic heterocycles. The first kappa shape index (κ1) is 16.5. The van der Waals surface area contributed by atoms with Crippen LogP contribution < -0.4 is 9.22 Å². The number of unbranched alkanes of at least 4 members (excludes halogenated alkanes) is 1. The summed E-state index contributed by atoms with van der Waals surface area (Å²) < 4.78 is 6.21. The molecule has 0 nitrogen and oxygen atoms in total. The molecule has 3 aromatic carbocycles. The molecule has 0 saturated heterocycles. The van der Waals surface area contributed by atoms with Gasteiger partial charge >= 0.3 is 145 Å². The Balaban J connectivity index is 2.25. The number of hydrogen-bond acceptors (Lipinski definition) is 0. The van der Waals surface area contributed by atoms with Crippen molar-refractivity contribution in [2.24, 2.45) is 0 Å². The van der Waals surface area contributed by atoms with Crippen LogP contribution in [-0.2, 0) is 21.5 Å². The molecule has 0 N–H and O–H groups in total. The summed E-state index contributed by atoms with van der Waals surface area (Å²) in [6.45, 7) is 2.31. The Labute approximate surface area is 144 Å². The summed E-state index contributed by atoms with van der Waals surface area (Å²) >= 11 is -3.26. The minimum absolute atomic E-state index is 1.26. The van der Waals surface area contributed by atoms with E-state index in [0.717, 1.165) is 0 Å². The van der Waals surface area contributed by atoms with Crippen molar-refractivity contribution in [2.45, 2.75) is 23.7 Å². The van der Waals surface area contributed by atoms with Crippen molar-refractivity contribution in [3.05, 3.63) is 91.0 Å². The Hall–Kier alpha value is -1.40. The van der Waals surface area contributed by atoms with Gasteiger partial charge in [0, 0.05) is 0 Å². The third-order valence-electron chi connectivity index (χ3n) is 5.75. The van der Waals surface area contributed by atoms with Gasteiger partial charge in [0.2, 0.25) is 0 Å². The summed E-state index contributed by atoms with van der Waals surface area (Å²) in [5.74, 6) is 0. The summed E-state index contributed by atoms with van der Waals surface area (Å²) in [5, 5.41) is 0. The monoisotopic (exact) mass is 490 g/mol. The van der Waals surface area contributed by atoms with Gasteiger partial charge in [0.05, 0.1) is 0 Å². The molecule has 0 unspecified atom stereocenters. The molecular formula is C22H24Hg. The molecule has 23 heavy (non-hydrogen) atoms. The molecule has 0 aliphatic rings. The van der Waals surface area contributed by atoms with E-state index in [1.807, 2.05) is 0 Å². The zero-order valence-corrected chi connectivity index (χ0v) is 19.5. The van der Waals surface area contributed by atoms with Gasteiger partial charge in [-0.25, -0.2) is 0 Å². The number of hydrogen-bond donors (Lipinski definition) is 0. The van der Waals surface area contributed by atoms with Crippen LogP contribution in [0.1, 0.15) is 19.8 Å². The first-order valence-corrected chi connectivity index (χ1v) is 21.1. The Morgan fingerprint density at radius 2 is 0.913 bits per heavy atom. The van der Waals surface area contributed by atoms with Gasteiger partial charge in [0.1, 0.15) is 0 Å². The van der Waals surface area contributed by atoms with Gasteiger partial charge in [-0.2, -0.15) is 0 Å². The van der Waals surface area contributed by atoms with E-state index in [0.29, 0.717) is 0 Å². The van der Waals surface area contributed by atoms with E-state index in [4.69, 9.17) is 0 Å². The average molecular weight is 489 g/mol. The van der Waals surface area contributed by atoms with Crippen LogP contribution in [0.4, 0.5) is 0 Å². The van der Waals surface area contributed by atoms with E-state index >= 15 is 0 Å². The van der Waals surface area contributed by atoms with E-state index in [2.05, 4.69) is 97.9 Å². The van der Waals surface area contributed by atoms with E-state index in [9.17, 15) is 0 Å². The van der Waals surface area contributed by atoms with Gasteiger partial charge in [-0.05, 0) is 0 Å². The molecular weight excluding hydrogens is 465 g/mol. The van der Waals surface area contributed by atoms with Crippen LogP contribution >= 0.6 is 0 Å². The molecule has 114 valence electrons. The summed E-state index contributed by atoms with van der Waals surface area (Å²) in [5.41, 5.74) is 0. The molecule has 0 heterocycles. The molecule has 0 saturated carbocycles. The van der Waals surface area contributed by atoms with E-state index < -0.39 is 21.5 Å². The fourth-order valence-electron chi connectivity index (χ4n) is 4.59. The molecule has 3 aromatic rings. The molecule has 0 spiro atoms. The van der Waals surface area contributed by atoms with E-state index in [1.165, 1.54) is 16.8 Å². The predicted molar refractivity (Wildman–Crippen MR) is 97.9 cm³/mol. The van der Waals surface area contributed by atoms with Crippen LogP contribution in [0.25, 0.3) is 0 Å². The van der Waals surface area contributed by atoms with Crippen molar-refractivity contribution in [3.8, 4) is 0 Å². The number of rotatable bonds is 6. The van der Waals surface area contributed by atoms with Crippen LogP contribution in [0.15, 0.2) is 91.0 Å². The van der Waals surface area contributed by atoms with Gasteiger partial charge in [-0.1, -0.05) is 0 Å². The maximum absolute atomic E-state index is 3.26. The Bertz CT molecular complexity index is 608. The van der Waals surface area contributed by atoms with Crippen LogP contribution in [0.5, 0.6) is 0 Å². The summed E-state index contributed by atoms with van der Waals surface area (Å²) in [7, 11) is 0. The first-order chi connectivity index (χ1) is 11.4. The zero-order chi connectivity index (χ0) is 16.0. The van der Waals surface area contributed by atoms with E-state index in [-0.39, 0.29) is 0 Å². The summed E-state index contributed by atoms with van der Waals surface area (Å²) in [4.78, 5) is 0. The van der Waals surface area contributed by atoms with Gasteiger partial charge in [0.15, 0.2) is 0 Å². The molecule has 0 amide bonds. The Kier molecular flexibility index (Phi) is 5.67. The maximum atomic E-state index is 2.38. The van der Waals surface area contributed by atoms with Gasteiger partial charge in [-0.15, -0.1) is 0 Å².